The maximum absolute atomic E-state index is 12.6. The maximum Gasteiger partial charge on any atom is 0.277 e. The molecule has 3 aromatic carbocycles. The number of benzene rings is 3. The summed E-state index contributed by atoms with van der Waals surface area (Å²) in [4.78, 5) is 20.5. The van der Waals surface area contributed by atoms with Gasteiger partial charge in [0.1, 0.15) is 5.82 Å². The minimum atomic E-state index is -0.329. The molecule has 8 heteroatoms. The SMILES string of the molecule is O=C(Nc1ccc2nc(-c3ccccc3Cl)[nH]c2c1)c1cn(Cc2ccccc2)nn1. The van der Waals surface area contributed by atoms with E-state index in [-0.39, 0.29) is 11.6 Å². The Morgan fingerprint density at radius 2 is 1.84 bits per heavy atom. The fourth-order valence-corrected chi connectivity index (χ4v) is 3.54. The first-order chi connectivity index (χ1) is 15.2. The zero-order valence-electron chi connectivity index (χ0n) is 16.3. The van der Waals surface area contributed by atoms with Crippen LogP contribution >= 0.6 is 11.6 Å². The molecule has 0 saturated carbocycles. The third-order valence-electron chi connectivity index (χ3n) is 4.83. The molecular formula is C23H17ClN6O. The normalized spacial score (nSPS) is 11.0. The number of halogens is 1. The van der Waals surface area contributed by atoms with Crippen LogP contribution in [0.1, 0.15) is 16.1 Å². The van der Waals surface area contributed by atoms with Gasteiger partial charge in [0.15, 0.2) is 5.69 Å². The smallest absolute Gasteiger partial charge is 0.277 e. The molecule has 0 aliphatic rings. The molecule has 5 aromatic rings. The first-order valence-electron chi connectivity index (χ1n) is 9.66. The molecule has 152 valence electrons. The van der Waals surface area contributed by atoms with Gasteiger partial charge in [-0.15, -0.1) is 5.10 Å². The highest BCUT2D eigenvalue weighted by atomic mass is 35.5. The number of aromatic nitrogens is 5. The number of H-pyrrole nitrogens is 1. The van der Waals surface area contributed by atoms with E-state index in [1.165, 1.54) is 0 Å². The van der Waals surface area contributed by atoms with E-state index >= 15 is 0 Å². The van der Waals surface area contributed by atoms with Crippen LogP contribution in [0.4, 0.5) is 5.69 Å². The van der Waals surface area contributed by atoms with Crippen LogP contribution < -0.4 is 5.32 Å². The van der Waals surface area contributed by atoms with Crippen LogP contribution in [0.3, 0.4) is 0 Å². The summed E-state index contributed by atoms with van der Waals surface area (Å²) >= 11 is 6.28. The van der Waals surface area contributed by atoms with Crippen molar-refractivity contribution in [1.29, 1.82) is 0 Å². The Hall–Kier alpha value is -3.97. The number of nitrogens with one attached hydrogen (secondary N) is 2. The zero-order valence-corrected chi connectivity index (χ0v) is 17.0. The molecule has 0 unspecified atom stereocenters. The average molecular weight is 429 g/mol. The highest BCUT2D eigenvalue weighted by Crippen LogP contribution is 2.28. The van der Waals surface area contributed by atoms with E-state index in [0.717, 1.165) is 22.2 Å². The van der Waals surface area contributed by atoms with Crippen LogP contribution in [0.15, 0.2) is 79.0 Å². The van der Waals surface area contributed by atoms with Gasteiger partial charge < -0.3 is 10.3 Å². The number of carbonyl (C=O) groups excluding carboxylic acids is 1. The Labute approximate surface area is 182 Å². The van der Waals surface area contributed by atoms with E-state index in [1.54, 1.807) is 16.9 Å². The van der Waals surface area contributed by atoms with Crippen LogP contribution in [-0.4, -0.2) is 30.9 Å². The van der Waals surface area contributed by atoms with Gasteiger partial charge in [-0.3, -0.25) is 4.79 Å². The minimum absolute atomic E-state index is 0.248. The quantitative estimate of drug-likeness (QED) is 0.422. The Morgan fingerprint density at radius 1 is 1.03 bits per heavy atom. The van der Waals surface area contributed by atoms with Gasteiger partial charge in [0.05, 0.1) is 28.8 Å². The fourth-order valence-electron chi connectivity index (χ4n) is 3.31. The van der Waals surface area contributed by atoms with Crippen molar-refractivity contribution in [2.75, 3.05) is 5.32 Å². The van der Waals surface area contributed by atoms with Crippen LogP contribution in [0.25, 0.3) is 22.4 Å². The van der Waals surface area contributed by atoms with Crippen LogP contribution in [0.2, 0.25) is 5.02 Å². The largest absolute Gasteiger partial charge is 0.338 e. The lowest BCUT2D eigenvalue weighted by Gasteiger charge is -2.02. The van der Waals surface area contributed by atoms with Gasteiger partial charge in [-0.25, -0.2) is 9.67 Å². The molecular weight excluding hydrogens is 412 g/mol. The van der Waals surface area contributed by atoms with Crippen molar-refractivity contribution in [2.24, 2.45) is 0 Å². The zero-order chi connectivity index (χ0) is 21.2. The van der Waals surface area contributed by atoms with Crippen molar-refractivity contribution in [2.45, 2.75) is 6.54 Å². The standard InChI is InChI=1S/C23H17ClN6O/c24-18-9-5-4-8-17(18)22-26-19-11-10-16(12-20(19)27-22)25-23(31)21-14-30(29-28-21)13-15-6-2-1-3-7-15/h1-12,14H,13H2,(H,25,31)(H,26,27). The average Bonchev–Trinajstić information content (AvgIpc) is 3.41. The van der Waals surface area contributed by atoms with Gasteiger partial charge in [-0.2, -0.15) is 0 Å². The van der Waals surface area contributed by atoms with Gasteiger partial charge in [-0.1, -0.05) is 59.3 Å². The van der Waals surface area contributed by atoms with Crippen molar-refractivity contribution < 1.29 is 4.79 Å². The number of aromatic amines is 1. The molecule has 0 saturated heterocycles. The summed E-state index contributed by atoms with van der Waals surface area (Å²) in [5.74, 6) is 0.345. The van der Waals surface area contributed by atoms with Gasteiger partial charge >= 0.3 is 0 Å². The lowest BCUT2D eigenvalue weighted by atomic mass is 10.2. The number of hydrogen-bond acceptors (Lipinski definition) is 4. The lowest BCUT2D eigenvalue weighted by molar-refractivity contribution is 0.102. The predicted octanol–water partition coefficient (Wildman–Crippen LogP) is 4.78. The van der Waals surface area contributed by atoms with E-state index in [4.69, 9.17) is 11.6 Å². The van der Waals surface area contributed by atoms with Crippen molar-refractivity contribution >= 4 is 34.2 Å². The molecule has 7 nitrogen and oxygen atoms in total. The molecule has 0 bridgehead atoms. The number of carbonyl (C=O) groups is 1. The third kappa shape index (κ3) is 4.04. The van der Waals surface area contributed by atoms with E-state index in [0.29, 0.717) is 23.1 Å². The Kier molecular flexibility index (Phi) is 4.93. The maximum atomic E-state index is 12.6. The number of imidazole rings is 1. The number of amides is 1. The fraction of sp³-hybridized carbons (Fsp3) is 0.0435. The summed E-state index contributed by atoms with van der Waals surface area (Å²) in [5.41, 5.74) is 4.35. The Morgan fingerprint density at radius 3 is 2.68 bits per heavy atom. The summed E-state index contributed by atoms with van der Waals surface area (Å²) in [6, 6.07) is 22.8. The van der Waals surface area contributed by atoms with Crippen LogP contribution in [0.5, 0.6) is 0 Å². The van der Waals surface area contributed by atoms with Gasteiger partial charge in [0.25, 0.3) is 5.91 Å². The predicted molar refractivity (Wildman–Crippen MR) is 120 cm³/mol. The second-order valence-electron chi connectivity index (χ2n) is 7.04. The highest BCUT2D eigenvalue weighted by Gasteiger charge is 2.13. The van der Waals surface area contributed by atoms with E-state index in [1.807, 2.05) is 66.7 Å². The first-order valence-corrected chi connectivity index (χ1v) is 10.0. The molecule has 2 heterocycles. The summed E-state index contributed by atoms with van der Waals surface area (Å²) in [7, 11) is 0. The molecule has 5 rings (SSSR count). The lowest BCUT2D eigenvalue weighted by Crippen LogP contribution is -2.12. The van der Waals surface area contributed by atoms with E-state index in [9.17, 15) is 4.79 Å². The topological polar surface area (TPSA) is 88.5 Å². The van der Waals surface area contributed by atoms with Crippen LogP contribution in [-0.2, 0) is 6.54 Å². The van der Waals surface area contributed by atoms with E-state index < -0.39 is 0 Å². The highest BCUT2D eigenvalue weighted by molar-refractivity contribution is 6.33. The number of hydrogen-bond donors (Lipinski definition) is 2. The molecule has 0 fully saturated rings. The van der Waals surface area contributed by atoms with Crippen LogP contribution in [0, 0.1) is 0 Å². The van der Waals surface area contributed by atoms with Crippen molar-refractivity contribution in [3.05, 3.63) is 95.3 Å². The number of nitrogens with zero attached hydrogens (tertiary/aromatic N) is 4. The van der Waals surface area contributed by atoms with Crippen molar-refractivity contribution in [3.63, 3.8) is 0 Å². The molecule has 1 amide bonds. The third-order valence-corrected chi connectivity index (χ3v) is 5.16. The van der Waals surface area contributed by atoms with Crippen molar-refractivity contribution in [3.8, 4) is 11.4 Å². The first kappa shape index (κ1) is 19.0. The molecule has 2 N–H and O–H groups in total. The van der Waals surface area contributed by atoms with E-state index in [2.05, 4.69) is 25.6 Å². The molecule has 0 aliphatic carbocycles. The number of anilines is 1. The molecule has 0 radical (unpaired) electrons. The summed E-state index contributed by atoms with van der Waals surface area (Å²) in [5, 5.41) is 11.5. The molecule has 2 aromatic heterocycles. The molecule has 0 aliphatic heterocycles. The molecule has 31 heavy (non-hydrogen) atoms. The van der Waals surface area contributed by atoms with Gasteiger partial charge in [0, 0.05) is 11.3 Å². The monoisotopic (exact) mass is 428 g/mol. The molecule has 0 atom stereocenters. The number of rotatable bonds is 5. The summed E-state index contributed by atoms with van der Waals surface area (Å²) in [6.07, 6.45) is 1.63. The summed E-state index contributed by atoms with van der Waals surface area (Å²) < 4.78 is 1.64. The second kappa shape index (κ2) is 8.04. The van der Waals surface area contributed by atoms with Gasteiger partial charge in [0.2, 0.25) is 0 Å². The molecule has 0 spiro atoms. The number of fused-ring (bicyclic) bond motifs is 1. The summed E-state index contributed by atoms with van der Waals surface area (Å²) in [6.45, 7) is 0.548. The van der Waals surface area contributed by atoms with Gasteiger partial charge in [-0.05, 0) is 35.9 Å². The Bertz CT molecular complexity index is 1380. The minimum Gasteiger partial charge on any atom is -0.338 e. The Balaban J connectivity index is 1.33. The van der Waals surface area contributed by atoms with Crippen molar-refractivity contribution in [1.82, 2.24) is 25.0 Å². The second-order valence-corrected chi connectivity index (χ2v) is 7.45.